The van der Waals surface area contributed by atoms with Gasteiger partial charge in [0.1, 0.15) is 0 Å². The number of rotatable bonds is 4. The monoisotopic (exact) mass is 303 g/mol. The van der Waals surface area contributed by atoms with Crippen LogP contribution in [-0.2, 0) is 5.88 Å². The van der Waals surface area contributed by atoms with E-state index in [2.05, 4.69) is 53.1 Å². The number of alkyl halides is 1. The maximum atomic E-state index is 6.01. The number of hydrogen-bond donors (Lipinski definition) is 0. The number of aromatic nitrogens is 1. The lowest BCUT2D eigenvalue weighted by atomic mass is 10.1. The van der Waals surface area contributed by atoms with Gasteiger partial charge in [0.2, 0.25) is 0 Å². The molecular weight excluding hydrogens is 282 g/mol. The lowest BCUT2D eigenvalue weighted by Gasteiger charge is -2.28. The number of fused-ring (bicyclic) bond motifs is 1. The molecule has 0 spiro atoms. The molecule has 3 rings (SSSR count). The van der Waals surface area contributed by atoms with Gasteiger partial charge in [0.25, 0.3) is 0 Å². The Hall–Kier alpha value is -1.32. The Morgan fingerprint density at radius 3 is 2.90 bits per heavy atom. The molecule has 1 aliphatic heterocycles. The molecule has 1 aromatic heterocycles. The van der Waals surface area contributed by atoms with E-state index in [1.807, 2.05) is 6.07 Å². The molecule has 4 heteroatoms. The second-order valence-electron chi connectivity index (χ2n) is 5.94. The van der Waals surface area contributed by atoms with Crippen LogP contribution in [0.4, 0.5) is 5.69 Å². The number of anilines is 1. The summed E-state index contributed by atoms with van der Waals surface area (Å²) < 4.78 is 0. The first-order valence-corrected chi connectivity index (χ1v) is 8.08. The topological polar surface area (TPSA) is 19.4 Å². The molecular formula is C17H22ClN3. The Morgan fingerprint density at radius 2 is 2.19 bits per heavy atom. The van der Waals surface area contributed by atoms with Crippen molar-refractivity contribution in [3.05, 3.63) is 36.0 Å². The Bertz CT molecular complexity index is 628. The molecule has 0 saturated carbocycles. The Labute approximate surface area is 131 Å². The lowest BCUT2D eigenvalue weighted by molar-refractivity contribution is 0.314. The number of hydrogen-bond acceptors (Lipinski definition) is 3. The number of halogens is 1. The van der Waals surface area contributed by atoms with Crippen molar-refractivity contribution in [3.8, 4) is 0 Å². The summed E-state index contributed by atoms with van der Waals surface area (Å²) in [5.74, 6) is 0.453. The van der Waals surface area contributed by atoms with Crippen LogP contribution in [-0.4, -0.2) is 43.1 Å². The Balaban J connectivity index is 1.94. The van der Waals surface area contributed by atoms with Crippen LogP contribution in [0, 0.1) is 0 Å². The summed E-state index contributed by atoms with van der Waals surface area (Å²) in [4.78, 5) is 9.43. The average molecular weight is 304 g/mol. The largest absolute Gasteiger partial charge is 0.372 e. The molecule has 2 heterocycles. The third kappa shape index (κ3) is 2.99. The predicted octanol–water partition coefficient (Wildman–Crippen LogP) is 3.50. The van der Waals surface area contributed by atoms with E-state index in [1.165, 1.54) is 30.5 Å². The van der Waals surface area contributed by atoms with E-state index < -0.39 is 0 Å². The number of pyridine rings is 1. The normalized spacial score (nSPS) is 19.3. The predicted molar refractivity (Wildman–Crippen MR) is 90.2 cm³/mol. The van der Waals surface area contributed by atoms with Crippen LogP contribution < -0.4 is 4.90 Å². The molecule has 0 N–H and O–H groups in total. The maximum Gasteiger partial charge on any atom is 0.0726 e. The Morgan fingerprint density at radius 1 is 1.38 bits per heavy atom. The highest BCUT2D eigenvalue weighted by atomic mass is 35.5. The fraction of sp³-hybridized carbons (Fsp3) is 0.471. The zero-order valence-corrected chi connectivity index (χ0v) is 13.5. The molecule has 1 aromatic carbocycles. The number of para-hydroxylation sites is 1. The van der Waals surface area contributed by atoms with E-state index in [0.717, 1.165) is 17.8 Å². The highest BCUT2D eigenvalue weighted by Crippen LogP contribution is 2.28. The molecule has 0 radical (unpaired) electrons. The molecule has 0 bridgehead atoms. The van der Waals surface area contributed by atoms with Gasteiger partial charge in [0.05, 0.1) is 17.1 Å². The van der Waals surface area contributed by atoms with Gasteiger partial charge in [-0.25, -0.2) is 0 Å². The highest BCUT2D eigenvalue weighted by Gasteiger charge is 2.23. The number of likely N-dealkylation sites (N-methyl/N-ethyl adjacent to an activating group) is 2. The van der Waals surface area contributed by atoms with E-state index in [4.69, 9.17) is 11.6 Å². The first kappa shape index (κ1) is 14.6. The smallest absolute Gasteiger partial charge is 0.0726 e. The van der Waals surface area contributed by atoms with Gasteiger partial charge in [-0.2, -0.15) is 0 Å². The van der Waals surface area contributed by atoms with Crippen molar-refractivity contribution in [2.24, 2.45) is 0 Å². The van der Waals surface area contributed by atoms with E-state index in [0.29, 0.717) is 11.9 Å². The summed E-state index contributed by atoms with van der Waals surface area (Å²) in [7, 11) is 4.40. The van der Waals surface area contributed by atoms with Crippen LogP contribution in [0.15, 0.2) is 30.3 Å². The summed E-state index contributed by atoms with van der Waals surface area (Å²) in [6, 6.07) is 11.1. The highest BCUT2D eigenvalue weighted by molar-refractivity contribution is 6.17. The van der Waals surface area contributed by atoms with Gasteiger partial charge in [0.15, 0.2) is 0 Å². The molecule has 1 fully saturated rings. The van der Waals surface area contributed by atoms with Crippen LogP contribution in [0.5, 0.6) is 0 Å². The molecule has 1 atom stereocenters. The molecule has 2 aromatic rings. The van der Waals surface area contributed by atoms with Gasteiger partial charge in [-0.05, 0) is 38.6 Å². The van der Waals surface area contributed by atoms with E-state index >= 15 is 0 Å². The first-order valence-electron chi connectivity index (χ1n) is 7.55. The molecule has 112 valence electrons. The van der Waals surface area contributed by atoms with Crippen molar-refractivity contribution >= 4 is 28.2 Å². The number of likely N-dealkylation sites (tertiary alicyclic amines) is 1. The minimum Gasteiger partial charge on any atom is -0.372 e. The van der Waals surface area contributed by atoms with Crippen molar-refractivity contribution in [1.82, 2.24) is 9.88 Å². The summed E-state index contributed by atoms with van der Waals surface area (Å²) >= 11 is 6.01. The summed E-state index contributed by atoms with van der Waals surface area (Å²) in [6.07, 6.45) is 2.59. The third-order valence-corrected chi connectivity index (χ3v) is 4.73. The van der Waals surface area contributed by atoms with Gasteiger partial charge >= 0.3 is 0 Å². The maximum absolute atomic E-state index is 6.01. The van der Waals surface area contributed by atoms with Gasteiger partial charge in [-0.1, -0.05) is 18.2 Å². The zero-order valence-electron chi connectivity index (χ0n) is 12.7. The summed E-state index contributed by atoms with van der Waals surface area (Å²) in [5, 5.41) is 1.20. The quantitative estimate of drug-likeness (QED) is 0.806. The van der Waals surface area contributed by atoms with Crippen LogP contribution in [0.25, 0.3) is 10.9 Å². The second kappa shape index (κ2) is 6.20. The summed E-state index contributed by atoms with van der Waals surface area (Å²) in [6.45, 7) is 2.26. The zero-order chi connectivity index (χ0) is 14.8. The van der Waals surface area contributed by atoms with Gasteiger partial charge in [-0.15, -0.1) is 11.6 Å². The van der Waals surface area contributed by atoms with Gasteiger partial charge < -0.3 is 9.80 Å². The van der Waals surface area contributed by atoms with Crippen LogP contribution in [0.2, 0.25) is 0 Å². The van der Waals surface area contributed by atoms with E-state index in [1.54, 1.807) is 0 Å². The SMILES string of the molecule is CN(CC1CCCN1C)c1cc(CCl)nc2ccccc12. The molecule has 1 unspecified atom stereocenters. The lowest BCUT2D eigenvalue weighted by Crippen LogP contribution is -2.36. The molecule has 1 saturated heterocycles. The van der Waals surface area contributed by atoms with Gasteiger partial charge in [0, 0.05) is 30.7 Å². The van der Waals surface area contributed by atoms with Crippen molar-refractivity contribution in [1.29, 1.82) is 0 Å². The van der Waals surface area contributed by atoms with Crippen molar-refractivity contribution < 1.29 is 0 Å². The molecule has 1 aliphatic rings. The van der Waals surface area contributed by atoms with Crippen LogP contribution in [0.1, 0.15) is 18.5 Å². The fourth-order valence-electron chi connectivity index (χ4n) is 3.22. The van der Waals surface area contributed by atoms with Crippen LogP contribution >= 0.6 is 11.6 Å². The first-order chi connectivity index (χ1) is 10.2. The molecule has 3 nitrogen and oxygen atoms in total. The molecule has 0 aliphatic carbocycles. The fourth-order valence-corrected chi connectivity index (χ4v) is 3.36. The minimum atomic E-state index is 0.453. The van der Waals surface area contributed by atoms with E-state index in [-0.39, 0.29) is 0 Å². The second-order valence-corrected chi connectivity index (χ2v) is 6.21. The van der Waals surface area contributed by atoms with Crippen molar-refractivity contribution in [3.63, 3.8) is 0 Å². The minimum absolute atomic E-state index is 0.453. The van der Waals surface area contributed by atoms with Crippen LogP contribution in [0.3, 0.4) is 0 Å². The third-order valence-electron chi connectivity index (χ3n) is 4.45. The van der Waals surface area contributed by atoms with Crippen molar-refractivity contribution in [2.75, 3.05) is 32.1 Å². The number of benzene rings is 1. The Kier molecular flexibility index (Phi) is 4.32. The summed E-state index contributed by atoms with van der Waals surface area (Å²) in [5.41, 5.74) is 3.20. The molecule has 0 amide bonds. The molecule has 21 heavy (non-hydrogen) atoms. The van der Waals surface area contributed by atoms with Gasteiger partial charge in [-0.3, -0.25) is 4.98 Å². The average Bonchev–Trinajstić information content (AvgIpc) is 2.91. The van der Waals surface area contributed by atoms with Crippen molar-refractivity contribution in [2.45, 2.75) is 24.8 Å². The number of nitrogens with zero attached hydrogens (tertiary/aromatic N) is 3. The standard InChI is InChI=1S/C17H22ClN3/c1-20-9-5-6-14(20)12-21(2)17-10-13(11-18)19-16-8-4-3-7-15(16)17/h3-4,7-8,10,14H,5-6,9,11-12H2,1-2H3. The van der Waals surface area contributed by atoms with E-state index in [9.17, 15) is 0 Å².